The number of halogens is 2. The van der Waals surface area contributed by atoms with Gasteiger partial charge >= 0.3 is 0 Å². The Morgan fingerprint density at radius 2 is 2.32 bits per heavy atom. The van der Waals surface area contributed by atoms with Crippen LogP contribution in [0.25, 0.3) is 0 Å². The van der Waals surface area contributed by atoms with E-state index < -0.39 is 0 Å². The first kappa shape index (κ1) is 15.5. The van der Waals surface area contributed by atoms with Crippen molar-refractivity contribution in [3.8, 4) is 0 Å². The molecule has 1 heterocycles. The van der Waals surface area contributed by atoms with Crippen LogP contribution in [0.1, 0.15) is 24.9 Å². The number of thioether (sulfide) groups is 2. The van der Waals surface area contributed by atoms with Gasteiger partial charge in [-0.1, -0.05) is 24.6 Å². The molecule has 0 amide bonds. The summed E-state index contributed by atoms with van der Waals surface area (Å²) in [6.45, 7) is 3.04. The van der Waals surface area contributed by atoms with Crippen LogP contribution in [0.2, 0.25) is 5.02 Å². The zero-order valence-electron chi connectivity index (χ0n) is 11.0. The number of hydrogen-bond acceptors (Lipinski definition) is 3. The quantitative estimate of drug-likeness (QED) is 0.865. The van der Waals surface area contributed by atoms with Gasteiger partial charge in [0.1, 0.15) is 5.82 Å². The van der Waals surface area contributed by atoms with Crippen molar-refractivity contribution in [2.45, 2.75) is 24.6 Å². The summed E-state index contributed by atoms with van der Waals surface area (Å²) in [5.74, 6) is 3.23. The van der Waals surface area contributed by atoms with Crippen LogP contribution < -0.4 is 5.32 Å². The fourth-order valence-electron chi connectivity index (χ4n) is 2.19. The van der Waals surface area contributed by atoms with Gasteiger partial charge in [0.05, 0.1) is 0 Å². The highest BCUT2D eigenvalue weighted by atomic mass is 35.5. The van der Waals surface area contributed by atoms with Gasteiger partial charge in [-0.05, 0) is 25.1 Å². The summed E-state index contributed by atoms with van der Waals surface area (Å²) in [4.78, 5) is 0. The molecule has 0 aromatic heterocycles. The van der Waals surface area contributed by atoms with E-state index in [1.807, 2.05) is 29.6 Å². The van der Waals surface area contributed by atoms with Crippen molar-refractivity contribution in [3.63, 3.8) is 0 Å². The molecule has 0 saturated carbocycles. The molecule has 106 valence electrons. The van der Waals surface area contributed by atoms with Crippen molar-refractivity contribution in [1.29, 1.82) is 0 Å². The molecule has 2 unspecified atom stereocenters. The Labute approximate surface area is 128 Å². The maximum atomic E-state index is 14.1. The Morgan fingerprint density at radius 1 is 1.47 bits per heavy atom. The van der Waals surface area contributed by atoms with Crippen LogP contribution in [0.4, 0.5) is 4.39 Å². The van der Waals surface area contributed by atoms with Gasteiger partial charge in [0.2, 0.25) is 0 Å². The standard InChI is InChI=1S/C14H19ClFNS2/c1-2-5-17-14(13-9-18-6-7-19-13)11-4-3-10(15)8-12(11)16/h3-4,8,13-14,17H,2,5-7,9H2,1H3. The van der Waals surface area contributed by atoms with E-state index in [0.29, 0.717) is 10.3 Å². The molecule has 0 aliphatic carbocycles. The summed E-state index contributed by atoms with van der Waals surface area (Å²) in [5.41, 5.74) is 0.748. The van der Waals surface area contributed by atoms with Gasteiger partial charge in [0.25, 0.3) is 0 Å². The average molecular weight is 320 g/mol. The van der Waals surface area contributed by atoms with Crippen molar-refractivity contribution in [3.05, 3.63) is 34.6 Å². The van der Waals surface area contributed by atoms with Gasteiger partial charge < -0.3 is 5.32 Å². The lowest BCUT2D eigenvalue weighted by Crippen LogP contribution is -2.34. The Bertz CT molecular complexity index is 410. The summed E-state index contributed by atoms with van der Waals surface area (Å²) in [7, 11) is 0. The maximum Gasteiger partial charge on any atom is 0.129 e. The molecular weight excluding hydrogens is 301 g/mol. The molecule has 19 heavy (non-hydrogen) atoms. The van der Waals surface area contributed by atoms with Crippen LogP contribution in [0.5, 0.6) is 0 Å². The topological polar surface area (TPSA) is 12.0 Å². The van der Waals surface area contributed by atoms with Crippen LogP contribution in [0.15, 0.2) is 18.2 Å². The Kier molecular flexibility index (Phi) is 6.33. The van der Waals surface area contributed by atoms with Gasteiger partial charge in [-0.3, -0.25) is 0 Å². The van der Waals surface area contributed by atoms with E-state index in [-0.39, 0.29) is 11.9 Å². The normalized spacial score (nSPS) is 21.3. The fourth-order valence-corrected chi connectivity index (χ4v) is 5.21. The number of nitrogens with one attached hydrogen (secondary N) is 1. The molecular formula is C14H19ClFNS2. The average Bonchev–Trinajstić information content (AvgIpc) is 2.42. The molecule has 1 aromatic rings. The minimum Gasteiger partial charge on any atom is -0.309 e. The van der Waals surface area contributed by atoms with E-state index in [1.54, 1.807) is 6.07 Å². The number of hydrogen-bond donors (Lipinski definition) is 1. The third kappa shape index (κ3) is 4.28. The van der Waals surface area contributed by atoms with E-state index in [4.69, 9.17) is 11.6 Å². The molecule has 5 heteroatoms. The fraction of sp³-hybridized carbons (Fsp3) is 0.571. The van der Waals surface area contributed by atoms with Crippen molar-refractivity contribution in [1.82, 2.24) is 5.32 Å². The molecule has 0 bridgehead atoms. The third-order valence-electron chi connectivity index (χ3n) is 3.13. The summed E-state index contributed by atoms with van der Waals surface area (Å²) < 4.78 is 14.1. The second-order valence-electron chi connectivity index (χ2n) is 4.58. The monoisotopic (exact) mass is 319 g/mol. The van der Waals surface area contributed by atoms with Gasteiger partial charge in [-0.15, -0.1) is 0 Å². The van der Waals surface area contributed by atoms with Crippen molar-refractivity contribution in [2.24, 2.45) is 0 Å². The summed E-state index contributed by atoms with van der Waals surface area (Å²) in [5, 5.41) is 4.39. The first-order valence-electron chi connectivity index (χ1n) is 6.60. The first-order chi connectivity index (χ1) is 9.22. The predicted molar refractivity (Wildman–Crippen MR) is 86.0 cm³/mol. The largest absolute Gasteiger partial charge is 0.309 e. The predicted octanol–water partition coefficient (Wildman–Crippen LogP) is 4.37. The van der Waals surface area contributed by atoms with Crippen molar-refractivity contribution >= 4 is 35.1 Å². The second kappa shape index (κ2) is 7.77. The van der Waals surface area contributed by atoms with E-state index in [9.17, 15) is 4.39 Å². The molecule has 1 N–H and O–H groups in total. The molecule has 1 aliphatic heterocycles. The molecule has 1 aromatic carbocycles. The van der Waals surface area contributed by atoms with Gasteiger partial charge in [-0.2, -0.15) is 23.5 Å². The highest BCUT2D eigenvalue weighted by Gasteiger charge is 2.27. The van der Waals surface area contributed by atoms with Crippen LogP contribution in [0.3, 0.4) is 0 Å². The summed E-state index contributed by atoms with van der Waals surface area (Å²) >= 11 is 9.75. The van der Waals surface area contributed by atoms with Crippen LogP contribution >= 0.6 is 35.1 Å². The summed E-state index contributed by atoms with van der Waals surface area (Å²) in [6, 6.07) is 5.10. The highest BCUT2D eigenvalue weighted by molar-refractivity contribution is 8.06. The Hall–Kier alpha value is 0.1000. The van der Waals surface area contributed by atoms with E-state index in [0.717, 1.165) is 30.0 Å². The lowest BCUT2D eigenvalue weighted by molar-refractivity contribution is 0.498. The minimum absolute atomic E-state index is 0.0787. The van der Waals surface area contributed by atoms with Gasteiger partial charge in [0, 0.05) is 39.1 Å². The van der Waals surface area contributed by atoms with E-state index >= 15 is 0 Å². The van der Waals surface area contributed by atoms with Gasteiger partial charge in [-0.25, -0.2) is 4.39 Å². The molecule has 0 spiro atoms. The molecule has 2 rings (SSSR count). The zero-order chi connectivity index (χ0) is 13.7. The molecule has 1 saturated heterocycles. The van der Waals surface area contributed by atoms with Crippen LogP contribution in [0, 0.1) is 5.82 Å². The number of rotatable bonds is 5. The molecule has 1 aliphatic rings. The molecule has 0 radical (unpaired) electrons. The second-order valence-corrected chi connectivity index (χ2v) is 7.52. The van der Waals surface area contributed by atoms with Gasteiger partial charge in [0.15, 0.2) is 0 Å². The Balaban J connectivity index is 2.19. The SMILES string of the molecule is CCCNC(c1ccc(Cl)cc1F)C1CSCCS1. The van der Waals surface area contributed by atoms with E-state index in [2.05, 4.69) is 12.2 Å². The number of benzene rings is 1. The lowest BCUT2D eigenvalue weighted by atomic mass is 10.0. The minimum atomic E-state index is -0.197. The molecule has 1 fully saturated rings. The zero-order valence-corrected chi connectivity index (χ0v) is 13.4. The maximum absolute atomic E-state index is 14.1. The van der Waals surface area contributed by atoms with Crippen LogP contribution in [-0.4, -0.2) is 29.1 Å². The van der Waals surface area contributed by atoms with E-state index in [1.165, 1.54) is 11.8 Å². The van der Waals surface area contributed by atoms with Crippen molar-refractivity contribution < 1.29 is 4.39 Å². The van der Waals surface area contributed by atoms with Crippen LogP contribution in [-0.2, 0) is 0 Å². The smallest absolute Gasteiger partial charge is 0.129 e. The highest BCUT2D eigenvalue weighted by Crippen LogP contribution is 2.35. The molecule has 2 atom stereocenters. The summed E-state index contributed by atoms with van der Waals surface area (Å²) in [6.07, 6.45) is 1.05. The first-order valence-corrected chi connectivity index (χ1v) is 9.18. The lowest BCUT2D eigenvalue weighted by Gasteiger charge is -2.31. The Morgan fingerprint density at radius 3 is 2.95 bits per heavy atom. The van der Waals surface area contributed by atoms with Crippen molar-refractivity contribution in [2.75, 3.05) is 23.8 Å². The molecule has 1 nitrogen and oxygen atoms in total. The third-order valence-corrected chi connectivity index (χ3v) is 6.22.